The molecule has 0 radical (unpaired) electrons. The van der Waals surface area contributed by atoms with E-state index >= 15 is 0 Å². The van der Waals surface area contributed by atoms with Crippen molar-refractivity contribution in [2.24, 2.45) is 0 Å². The van der Waals surface area contributed by atoms with Crippen molar-refractivity contribution in [2.45, 2.75) is 43.9 Å². The minimum Gasteiger partial charge on any atom is -0.374 e. The Kier molecular flexibility index (Phi) is 6.27. The highest BCUT2D eigenvalue weighted by Crippen LogP contribution is 2.41. The third-order valence-corrected chi connectivity index (χ3v) is 5.36. The first-order valence-electron chi connectivity index (χ1n) is 9.59. The monoisotopic (exact) mass is 409 g/mol. The maximum atomic E-state index is 13.2. The van der Waals surface area contributed by atoms with Crippen molar-refractivity contribution in [3.8, 4) is 0 Å². The fourth-order valence-electron chi connectivity index (χ4n) is 3.62. The summed E-state index contributed by atoms with van der Waals surface area (Å²) in [6, 6.07) is 13.2. The van der Waals surface area contributed by atoms with Gasteiger partial charge in [-0.1, -0.05) is 42.5 Å². The Morgan fingerprint density at radius 3 is 2.45 bits per heavy atom. The number of alkyl halides is 4. The van der Waals surface area contributed by atoms with Gasteiger partial charge in [0.15, 0.2) is 0 Å². The number of nitrogens with zero attached hydrogens (tertiary/aromatic N) is 1. The summed E-state index contributed by atoms with van der Waals surface area (Å²) >= 11 is 0. The van der Waals surface area contributed by atoms with Crippen molar-refractivity contribution in [1.29, 1.82) is 0 Å². The molecule has 0 aliphatic carbocycles. The highest BCUT2D eigenvalue weighted by molar-refractivity contribution is 5.94. The summed E-state index contributed by atoms with van der Waals surface area (Å²) in [4.78, 5) is 14.4. The topological polar surface area (TPSA) is 40.5 Å². The summed E-state index contributed by atoms with van der Waals surface area (Å²) in [5.41, 5.74) is -2.00. The first kappa shape index (κ1) is 21.3. The van der Waals surface area contributed by atoms with Gasteiger partial charge < -0.3 is 10.0 Å². The van der Waals surface area contributed by atoms with Crippen molar-refractivity contribution >= 4 is 11.6 Å². The molecule has 1 amide bonds. The number of carbonyl (C=O) groups excluding carboxylic acids is 1. The lowest BCUT2D eigenvalue weighted by Crippen LogP contribution is -2.44. The van der Waals surface area contributed by atoms with Crippen molar-refractivity contribution in [3.63, 3.8) is 0 Å². The van der Waals surface area contributed by atoms with Crippen molar-refractivity contribution in [3.05, 3.63) is 65.2 Å². The summed E-state index contributed by atoms with van der Waals surface area (Å²) in [7, 11) is 0. The highest BCUT2D eigenvalue weighted by Gasteiger charge is 2.55. The molecule has 3 nitrogen and oxygen atoms in total. The van der Waals surface area contributed by atoms with E-state index in [9.17, 15) is 27.5 Å². The van der Waals surface area contributed by atoms with E-state index in [0.29, 0.717) is 43.5 Å². The number of fused-ring (bicyclic) bond motifs is 1. The second-order valence-electron chi connectivity index (χ2n) is 7.32. The van der Waals surface area contributed by atoms with E-state index < -0.39 is 24.0 Å². The highest BCUT2D eigenvalue weighted by atomic mass is 19.4. The van der Waals surface area contributed by atoms with Crippen LogP contribution < -0.4 is 4.90 Å². The second-order valence-corrected chi connectivity index (χ2v) is 7.32. The number of anilines is 1. The summed E-state index contributed by atoms with van der Waals surface area (Å²) in [5, 5.41) is 9.90. The average molecular weight is 409 g/mol. The lowest BCUT2D eigenvalue weighted by atomic mass is 9.91. The number of hydrogen-bond donors (Lipinski definition) is 1. The standard InChI is InChI=1S/C22H23F4NO2/c23-15-21(29,22(24,25)26)18-10-11-19-17(14-18)8-4-5-13-27(19)20(28)12-9-16-6-2-1-3-7-16/h1-3,6-7,10-11,14,29H,4-5,8-9,12-13,15H2. The molecule has 1 unspecified atom stereocenters. The largest absolute Gasteiger partial charge is 0.424 e. The van der Waals surface area contributed by atoms with Gasteiger partial charge in [-0.15, -0.1) is 0 Å². The molecule has 0 spiro atoms. The van der Waals surface area contributed by atoms with E-state index in [-0.39, 0.29) is 12.3 Å². The number of aryl methyl sites for hydroxylation is 2. The van der Waals surface area contributed by atoms with E-state index in [1.165, 1.54) is 12.1 Å². The zero-order chi connectivity index (χ0) is 21.1. The Labute approximate surface area is 167 Å². The Hall–Kier alpha value is -2.41. The van der Waals surface area contributed by atoms with Gasteiger partial charge in [-0.05, 0) is 48.4 Å². The SMILES string of the molecule is O=C(CCc1ccccc1)N1CCCCc2cc(C(O)(CF)C(F)(F)F)ccc21. The predicted octanol–water partition coefficient (Wildman–Crippen LogP) is 4.71. The number of carbonyl (C=O) groups is 1. The van der Waals surface area contributed by atoms with Gasteiger partial charge >= 0.3 is 6.18 Å². The molecule has 1 aliphatic rings. The first-order chi connectivity index (χ1) is 13.8. The van der Waals surface area contributed by atoms with Gasteiger partial charge in [0.25, 0.3) is 0 Å². The lowest BCUT2D eigenvalue weighted by Gasteiger charge is -2.30. The van der Waals surface area contributed by atoms with Crippen molar-refractivity contribution in [2.75, 3.05) is 18.1 Å². The number of hydrogen-bond acceptors (Lipinski definition) is 2. The van der Waals surface area contributed by atoms with Gasteiger partial charge in [0.1, 0.15) is 6.67 Å². The third kappa shape index (κ3) is 4.45. The van der Waals surface area contributed by atoms with Crippen LogP contribution in [0.5, 0.6) is 0 Å². The quantitative estimate of drug-likeness (QED) is 0.727. The maximum absolute atomic E-state index is 13.2. The number of amides is 1. The molecule has 0 aromatic heterocycles. The molecule has 0 saturated heterocycles. The molecule has 156 valence electrons. The summed E-state index contributed by atoms with van der Waals surface area (Å²) in [6.07, 6.45) is -2.41. The molecule has 7 heteroatoms. The molecule has 1 atom stereocenters. The van der Waals surface area contributed by atoms with Crippen LogP contribution in [0.4, 0.5) is 23.2 Å². The Balaban J connectivity index is 1.86. The van der Waals surface area contributed by atoms with E-state index in [2.05, 4.69) is 0 Å². The zero-order valence-corrected chi connectivity index (χ0v) is 15.9. The van der Waals surface area contributed by atoms with Crippen LogP contribution in [0.3, 0.4) is 0 Å². The number of benzene rings is 2. The van der Waals surface area contributed by atoms with Crippen LogP contribution in [0, 0.1) is 0 Å². The number of aliphatic hydroxyl groups is 1. The summed E-state index contributed by atoms with van der Waals surface area (Å²) in [5.74, 6) is -0.110. The van der Waals surface area contributed by atoms with Gasteiger partial charge in [0.2, 0.25) is 11.5 Å². The number of halogens is 4. The Bertz CT molecular complexity index is 854. The maximum Gasteiger partial charge on any atom is 0.424 e. The van der Waals surface area contributed by atoms with Gasteiger partial charge in [-0.3, -0.25) is 4.79 Å². The average Bonchev–Trinajstić information content (AvgIpc) is 2.93. The van der Waals surface area contributed by atoms with Gasteiger partial charge in [0, 0.05) is 18.7 Å². The van der Waals surface area contributed by atoms with Crippen LogP contribution >= 0.6 is 0 Å². The minimum atomic E-state index is -5.13. The molecule has 1 N–H and O–H groups in total. The third-order valence-electron chi connectivity index (χ3n) is 5.36. The Morgan fingerprint density at radius 2 is 1.79 bits per heavy atom. The fourth-order valence-corrected chi connectivity index (χ4v) is 3.62. The van der Waals surface area contributed by atoms with Crippen LogP contribution in [0.1, 0.15) is 36.0 Å². The van der Waals surface area contributed by atoms with Crippen LogP contribution in [0.2, 0.25) is 0 Å². The van der Waals surface area contributed by atoms with E-state index in [1.807, 2.05) is 30.3 Å². The van der Waals surface area contributed by atoms with Crippen LogP contribution in [0.15, 0.2) is 48.5 Å². The second kappa shape index (κ2) is 8.53. The van der Waals surface area contributed by atoms with Gasteiger partial charge in [0.05, 0.1) is 0 Å². The van der Waals surface area contributed by atoms with E-state index in [0.717, 1.165) is 11.6 Å². The van der Waals surface area contributed by atoms with Crippen molar-refractivity contribution < 1.29 is 27.5 Å². The molecule has 1 aliphatic heterocycles. The molecule has 0 fully saturated rings. The van der Waals surface area contributed by atoms with Crippen LogP contribution in [0.25, 0.3) is 0 Å². The fraction of sp³-hybridized carbons (Fsp3) is 0.409. The van der Waals surface area contributed by atoms with Crippen LogP contribution in [-0.2, 0) is 23.2 Å². The Morgan fingerprint density at radius 1 is 1.07 bits per heavy atom. The summed E-state index contributed by atoms with van der Waals surface area (Å²) < 4.78 is 52.8. The van der Waals surface area contributed by atoms with Crippen LogP contribution in [-0.4, -0.2) is 30.4 Å². The predicted molar refractivity (Wildman–Crippen MR) is 102 cm³/mol. The lowest BCUT2D eigenvalue weighted by molar-refractivity contribution is -0.271. The zero-order valence-electron chi connectivity index (χ0n) is 15.9. The van der Waals surface area contributed by atoms with Gasteiger partial charge in [-0.2, -0.15) is 13.2 Å². The minimum absolute atomic E-state index is 0.110. The molecular formula is C22H23F4NO2. The molecular weight excluding hydrogens is 386 g/mol. The molecule has 1 heterocycles. The molecule has 2 aromatic carbocycles. The molecule has 29 heavy (non-hydrogen) atoms. The van der Waals surface area contributed by atoms with E-state index in [4.69, 9.17) is 0 Å². The number of rotatable bonds is 5. The van der Waals surface area contributed by atoms with Gasteiger partial charge in [-0.25, -0.2) is 4.39 Å². The summed E-state index contributed by atoms with van der Waals surface area (Å²) in [6.45, 7) is -1.48. The van der Waals surface area contributed by atoms with E-state index in [1.54, 1.807) is 4.90 Å². The normalized spacial score (nSPS) is 16.7. The van der Waals surface area contributed by atoms with Crippen molar-refractivity contribution in [1.82, 2.24) is 0 Å². The molecule has 0 saturated carbocycles. The molecule has 0 bridgehead atoms. The molecule has 2 aromatic rings. The smallest absolute Gasteiger partial charge is 0.374 e. The first-order valence-corrected chi connectivity index (χ1v) is 9.59. The molecule has 3 rings (SSSR count).